The Kier molecular flexibility index (Phi) is 9.85. The summed E-state index contributed by atoms with van der Waals surface area (Å²) in [6, 6.07) is 9.12. The van der Waals surface area contributed by atoms with Gasteiger partial charge in [0.1, 0.15) is 0 Å². The van der Waals surface area contributed by atoms with E-state index in [2.05, 4.69) is 148 Å². The maximum absolute atomic E-state index is 3.84. The summed E-state index contributed by atoms with van der Waals surface area (Å²) in [6.07, 6.45) is 15.4. The predicted octanol–water partition coefficient (Wildman–Crippen LogP) is 8.33. The van der Waals surface area contributed by atoms with Crippen LogP contribution in [0, 0.1) is 57.3 Å². The van der Waals surface area contributed by atoms with E-state index in [1.807, 2.05) is 12.3 Å². The molecule has 0 spiro atoms. The Balaban J connectivity index is 2.02. The monoisotopic (exact) mass is 640 g/mol. The summed E-state index contributed by atoms with van der Waals surface area (Å²) in [6.45, 7) is 24.7. The van der Waals surface area contributed by atoms with Crippen LogP contribution in [0.25, 0.3) is 11.4 Å². The number of rotatable bonds is 8. The van der Waals surface area contributed by atoms with Crippen LogP contribution in [0.3, 0.4) is 0 Å². The number of aromatic nitrogens is 2. The van der Waals surface area contributed by atoms with Crippen molar-refractivity contribution in [2.24, 2.45) is 11.8 Å². The van der Waals surface area contributed by atoms with Crippen LogP contribution in [-0.2, 0) is 17.1 Å². The van der Waals surface area contributed by atoms with Crippen molar-refractivity contribution in [2.45, 2.75) is 62.3 Å². The van der Waals surface area contributed by atoms with E-state index >= 15 is 0 Å². The first-order valence-corrected chi connectivity index (χ1v) is 16.1. The molecule has 41 heavy (non-hydrogen) atoms. The normalized spacial score (nSPS) is 17.0. The number of hydrogen-bond donors (Lipinski definition) is 1. The molecular formula is C36H46N4Pd. The number of imidazole rings is 1. The Labute approximate surface area is 254 Å². The summed E-state index contributed by atoms with van der Waals surface area (Å²) >= 11 is 0.143. The number of anilines is 1. The van der Waals surface area contributed by atoms with E-state index in [-0.39, 0.29) is 17.1 Å². The predicted molar refractivity (Wildman–Crippen MR) is 174 cm³/mol. The summed E-state index contributed by atoms with van der Waals surface area (Å²) in [5.74, 6) is 1.03. The Morgan fingerprint density at radius 3 is 2.00 bits per heavy atom. The van der Waals surface area contributed by atoms with Crippen molar-refractivity contribution in [3.05, 3.63) is 117 Å². The molecule has 220 valence electrons. The van der Waals surface area contributed by atoms with Crippen molar-refractivity contribution in [3.8, 4) is 5.69 Å². The molecule has 4 rings (SSSR count). The Morgan fingerprint density at radius 1 is 0.829 bits per heavy atom. The van der Waals surface area contributed by atoms with Crippen LogP contribution < -0.4 is 10.2 Å². The van der Waals surface area contributed by atoms with Crippen LogP contribution in [0.1, 0.15) is 54.2 Å². The summed E-state index contributed by atoms with van der Waals surface area (Å²) in [5.41, 5.74) is 12.8. The summed E-state index contributed by atoms with van der Waals surface area (Å²) in [4.78, 5) is 2.30. The fourth-order valence-corrected chi connectivity index (χ4v) is 7.61. The molecule has 0 saturated heterocycles. The Hall–Kier alpha value is -3.26. The molecule has 1 N–H and O–H groups in total. The van der Waals surface area contributed by atoms with Gasteiger partial charge in [0.2, 0.25) is 0 Å². The standard InChI is InChI=1S/C21H26N2.C15H20N2.Pd/c1-14-9-18(5)21(19(6)10-14)23-8-7-22(13-23)20-12-16(3)15(2)11-17(20)4;1-6-7-16-8-9-17(5)15-13(3)10-12(2)11-14(15)4;/h7-12,15-16H,1-6H3;5-6,8-11,16H,1,7H2,2-4H3;/b;9-8-;. The second-order valence-electron chi connectivity index (χ2n) is 11.5. The van der Waals surface area contributed by atoms with E-state index in [9.17, 15) is 0 Å². The van der Waals surface area contributed by atoms with Crippen LogP contribution in [-0.4, -0.2) is 20.3 Å². The first kappa shape index (κ1) is 30.7. The second kappa shape index (κ2) is 13.2. The van der Waals surface area contributed by atoms with Crippen molar-refractivity contribution < 1.29 is 17.1 Å². The van der Waals surface area contributed by atoms with Crippen LogP contribution in [0.15, 0.2) is 79.4 Å². The zero-order chi connectivity index (χ0) is 29.8. The number of nitrogens with zero attached hydrogens (tertiary/aromatic N) is 3. The van der Waals surface area contributed by atoms with Crippen LogP contribution >= 0.6 is 0 Å². The minimum atomic E-state index is 0.143. The van der Waals surface area contributed by atoms with Crippen molar-refractivity contribution in [3.63, 3.8) is 0 Å². The maximum atomic E-state index is 3.84. The molecule has 2 aromatic carbocycles. The van der Waals surface area contributed by atoms with Gasteiger partial charge in [0.25, 0.3) is 0 Å². The first-order chi connectivity index (χ1) is 19.5. The average molecular weight is 641 g/mol. The molecule has 0 bridgehead atoms. The molecule has 0 amide bonds. The van der Waals surface area contributed by atoms with Crippen LogP contribution in [0.4, 0.5) is 5.69 Å². The molecule has 5 heteroatoms. The number of benzene rings is 2. The van der Waals surface area contributed by atoms with Gasteiger partial charge in [-0.25, -0.2) is 0 Å². The number of nitrogens with one attached hydrogen (secondary N) is 1. The third-order valence-corrected chi connectivity index (χ3v) is 9.54. The first-order valence-electron chi connectivity index (χ1n) is 14.4. The molecular weight excluding hydrogens is 595 g/mol. The van der Waals surface area contributed by atoms with Gasteiger partial charge in [-0.05, 0) is 0 Å². The van der Waals surface area contributed by atoms with E-state index in [4.69, 9.17) is 0 Å². The van der Waals surface area contributed by atoms with Gasteiger partial charge in [-0.15, -0.1) is 0 Å². The molecule has 1 heterocycles. The van der Waals surface area contributed by atoms with Gasteiger partial charge in [-0.1, -0.05) is 0 Å². The van der Waals surface area contributed by atoms with Crippen molar-refractivity contribution in [1.82, 2.24) is 14.5 Å². The van der Waals surface area contributed by atoms with Crippen LogP contribution in [0.5, 0.6) is 0 Å². The topological polar surface area (TPSA) is 25.1 Å². The molecule has 0 saturated carbocycles. The second-order valence-corrected chi connectivity index (χ2v) is 13.0. The van der Waals surface area contributed by atoms with E-state index in [0.29, 0.717) is 11.8 Å². The molecule has 2 atom stereocenters. The van der Waals surface area contributed by atoms with Crippen molar-refractivity contribution >= 4 is 16.0 Å². The van der Waals surface area contributed by atoms with Gasteiger partial charge >= 0.3 is 256 Å². The summed E-state index contributed by atoms with van der Waals surface area (Å²) < 4.78 is 8.47. The van der Waals surface area contributed by atoms with Gasteiger partial charge in [0, 0.05) is 0 Å². The molecule has 0 fully saturated rings. The quantitative estimate of drug-likeness (QED) is 0.152. The average Bonchev–Trinajstić information content (AvgIpc) is 3.28. The van der Waals surface area contributed by atoms with Gasteiger partial charge in [0.05, 0.1) is 0 Å². The van der Waals surface area contributed by atoms with E-state index in [1.54, 1.807) is 0 Å². The summed E-state index contributed by atoms with van der Waals surface area (Å²) in [5, 5.41) is 3.33. The zero-order valence-corrected chi connectivity index (χ0v) is 27.7. The SMILES string of the molecule is C=CCN/C=C\N([CH]=[Pd]=[c]1n(C2=CC(C)C(C)C=C2C)ccn1-c1c(C)cc(C)cc1C)c1c(C)cc(C)cc1C. The molecule has 4 nitrogen and oxygen atoms in total. The molecule has 0 aliphatic heterocycles. The molecule has 0 radical (unpaired) electrons. The van der Waals surface area contributed by atoms with Crippen molar-refractivity contribution in [2.75, 3.05) is 11.4 Å². The van der Waals surface area contributed by atoms with Crippen molar-refractivity contribution in [1.29, 1.82) is 0 Å². The van der Waals surface area contributed by atoms with E-state index < -0.39 is 0 Å². The fourth-order valence-electron chi connectivity index (χ4n) is 5.86. The molecule has 1 aliphatic rings. The summed E-state index contributed by atoms with van der Waals surface area (Å²) in [7, 11) is 0. The number of allylic oxidation sites excluding steroid dienone is 4. The van der Waals surface area contributed by atoms with E-state index in [1.165, 1.54) is 59.9 Å². The fraction of sp³-hybridized carbons (Fsp3) is 0.333. The zero-order valence-electron chi connectivity index (χ0n) is 26.2. The van der Waals surface area contributed by atoms with Gasteiger partial charge in [-0.3, -0.25) is 0 Å². The molecule has 3 aromatic rings. The van der Waals surface area contributed by atoms with E-state index in [0.717, 1.165) is 6.54 Å². The third-order valence-electron chi connectivity index (χ3n) is 7.75. The molecule has 1 aromatic heterocycles. The molecule has 2 unspecified atom stereocenters. The third kappa shape index (κ3) is 6.80. The molecule has 1 aliphatic carbocycles. The van der Waals surface area contributed by atoms with Gasteiger partial charge in [-0.2, -0.15) is 0 Å². The Bertz CT molecular complexity index is 1610. The number of hydrogen-bond acceptors (Lipinski definition) is 2. The number of aryl methyl sites for hydroxylation is 6. The van der Waals surface area contributed by atoms with Gasteiger partial charge < -0.3 is 0 Å². The Morgan fingerprint density at radius 2 is 1.39 bits per heavy atom. The van der Waals surface area contributed by atoms with Gasteiger partial charge in [0.15, 0.2) is 0 Å². The van der Waals surface area contributed by atoms with Crippen LogP contribution in [0.2, 0.25) is 0 Å². The minimum absolute atomic E-state index is 0.143.